The van der Waals surface area contributed by atoms with E-state index in [0.717, 1.165) is 26.2 Å². The molecule has 0 bridgehead atoms. The number of nitrogens with zero attached hydrogens (tertiary/aromatic N) is 2. The Kier molecular flexibility index (Phi) is 7.12. The maximum Gasteiger partial charge on any atom is 0.264 e. The number of hydrazone groups is 1. The van der Waals surface area contributed by atoms with Crippen molar-refractivity contribution in [3.63, 3.8) is 0 Å². The largest absolute Gasteiger partial charge is 0.495 e. The maximum atomic E-state index is 13.5. The third kappa shape index (κ3) is 5.33. The Bertz CT molecular complexity index is 1480. The zero-order valence-electron chi connectivity index (χ0n) is 19.4. The number of carbonyl (C=O) groups is 1. The van der Waals surface area contributed by atoms with Crippen LogP contribution in [0.1, 0.15) is 11.1 Å². The molecule has 0 heterocycles. The summed E-state index contributed by atoms with van der Waals surface area (Å²) in [5.41, 5.74) is 4.38. The van der Waals surface area contributed by atoms with Gasteiger partial charge in [0, 0.05) is 5.56 Å². The van der Waals surface area contributed by atoms with E-state index in [1.807, 2.05) is 55.5 Å². The number of carbonyl (C=O) groups excluding carboxylic acids is 1. The molecule has 178 valence electrons. The van der Waals surface area contributed by atoms with E-state index in [2.05, 4.69) is 10.5 Å². The number of nitrogens with one attached hydrogen (secondary N) is 1. The molecule has 0 unspecified atom stereocenters. The first kappa shape index (κ1) is 24.0. The summed E-state index contributed by atoms with van der Waals surface area (Å²) >= 11 is 0. The molecule has 0 radical (unpaired) electrons. The van der Waals surface area contributed by atoms with Gasteiger partial charge in [0.2, 0.25) is 0 Å². The van der Waals surface area contributed by atoms with Crippen molar-refractivity contribution < 1.29 is 17.9 Å². The summed E-state index contributed by atoms with van der Waals surface area (Å²) in [7, 11) is -2.61. The number of hydrogen-bond acceptors (Lipinski definition) is 5. The summed E-state index contributed by atoms with van der Waals surface area (Å²) < 4.78 is 33.5. The van der Waals surface area contributed by atoms with Gasteiger partial charge in [0.05, 0.1) is 23.9 Å². The van der Waals surface area contributed by atoms with Crippen LogP contribution in [0.25, 0.3) is 10.8 Å². The average molecular weight is 488 g/mol. The highest BCUT2D eigenvalue weighted by Gasteiger charge is 2.29. The summed E-state index contributed by atoms with van der Waals surface area (Å²) in [6, 6.07) is 26.8. The number of hydrogen-bond donors (Lipinski definition) is 1. The number of benzene rings is 4. The Hall–Kier alpha value is -4.17. The van der Waals surface area contributed by atoms with Crippen LogP contribution in [0, 0.1) is 6.92 Å². The van der Waals surface area contributed by atoms with Crippen molar-refractivity contribution in [3.05, 3.63) is 102 Å². The van der Waals surface area contributed by atoms with Crippen molar-refractivity contribution in [2.24, 2.45) is 5.10 Å². The Balaban J connectivity index is 1.63. The third-order valence-electron chi connectivity index (χ3n) is 5.44. The van der Waals surface area contributed by atoms with Crippen LogP contribution in [0.2, 0.25) is 0 Å². The lowest BCUT2D eigenvalue weighted by atomic mass is 10.1. The molecule has 0 saturated heterocycles. The van der Waals surface area contributed by atoms with Crippen molar-refractivity contribution in [2.75, 3.05) is 18.0 Å². The van der Waals surface area contributed by atoms with E-state index < -0.39 is 22.5 Å². The molecule has 4 rings (SSSR count). The van der Waals surface area contributed by atoms with Gasteiger partial charge in [-0.15, -0.1) is 0 Å². The van der Waals surface area contributed by atoms with E-state index in [1.54, 1.807) is 36.5 Å². The molecule has 0 aromatic heterocycles. The van der Waals surface area contributed by atoms with E-state index in [1.165, 1.54) is 19.2 Å². The minimum absolute atomic E-state index is 0.0654. The van der Waals surface area contributed by atoms with Crippen molar-refractivity contribution in [3.8, 4) is 5.75 Å². The molecule has 0 aliphatic heterocycles. The lowest BCUT2D eigenvalue weighted by molar-refractivity contribution is -0.119. The summed E-state index contributed by atoms with van der Waals surface area (Å²) in [5.74, 6) is -0.258. The first-order valence-electron chi connectivity index (χ1n) is 10.9. The standard InChI is InChI=1S/C27H25N3O4S/c1-20-15-16-26(34-2)25(17-20)30(35(32,33)23-12-4-3-5-13-23)19-27(31)29-28-18-22-11-8-10-21-9-6-7-14-24(21)22/h3-18H,19H2,1-2H3,(H,29,31). The predicted molar refractivity (Wildman–Crippen MR) is 138 cm³/mol. The number of aryl methyl sites for hydroxylation is 1. The van der Waals surface area contributed by atoms with Crippen LogP contribution in [-0.4, -0.2) is 34.2 Å². The molecule has 0 atom stereocenters. The van der Waals surface area contributed by atoms with Gasteiger partial charge in [-0.1, -0.05) is 66.7 Å². The minimum atomic E-state index is -4.06. The van der Waals surface area contributed by atoms with E-state index in [-0.39, 0.29) is 10.6 Å². The van der Waals surface area contributed by atoms with E-state index in [0.29, 0.717) is 5.75 Å². The van der Waals surface area contributed by atoms with Crippen LogP contribution in [0.15, 0.2) is 101 Å². The Morgan fingerprint density at radius 3 is 2.46 bits per heavy atom. The molecule has 0 aliphatic carbocycles. The topological polar surface area (TPSA) is 88.1 Å². The summed E-state index contributed by atoms with van der Waals surface area (Å²) in [5, 5.41) is 6.12. The fourth-order valence-electron chi connectivity index (χ4n) is 3.72. The Morgan fingerprint density at radius 1 is 0.971 bits per heavy atom. The van der Waals surface area contributed by atoms with Crippen LogP contribution >= 0.6 is 0 Å². The number of rotatable bonds is 8. The SMILES string of the molecule is COc1ccc(C)cc1N(CC(=O)NN=Cc1cccc2ccccc12)S(=O)(=O)c1ccccc1. The monoisotopic (exact) mass is 487 g/mol. The number of methoxy groups -OCH3 is 1. The van der Waals surface area contributed by atoms with Gasteiger partial charge in [0.15, 0.2) is 0 Å². The first-order valence-corrected chi connectivity index (χ1v) is 12.4. The second-order valence-corrected chi connectivity index (χ2v) is 9.72. The van der Waals surface area contributed by atoms with Gasteiger partial charge >= 0.3 is 0 Å². The van der Waals surface area contributed by atoms with Gasteiger partial charge in [-0.25, -0.2) is 13.8 Å². The lowest BCUT2D eigenvalue weighted by Gasteiger charge is -2.25. The number of amides is 1. The van der Waals surface area contributed by atoms with Gasteiger partial charge in [-0.3, -0.25) is 9.10 Å². The summed E-state index contributed by atoms with van der Waals surface area (Å²) in [6.45, 7) is 1.36. The average Bonchev–Trinajstić information content (AvgIpc) is 2.88. The molecule has 8 heteroatoms. The third-order valence-corrected chi connectivity index (χ3v) is 7.21. The molecule has 7 nitrogen and oxygen atoms in total. The first-order chi connectivity index (χ1) is 16.9. The van der Waals surface area contributed by atoms with Gasteiger partial charge in [0.1, 0.15) is 12.3 Å². The molecule has 4 aromatic carbocycles. The highest BCUT2D eigenvalue weighted by atomic mass is 32.2. The Labute approximate surface area is 204 Å². The molecule has 0 saturated carbocycles. The molecule has 0 spiro atoms. The predicted octanol–water partition coefficient (Wildman–Crippen LogP) is 4.50. The van der Waals surface area contributed by atoms with Crippen molar-refractivity contribution in [1.29, 1.82) is 0 Å². The molecule has 0 fully saturated rings. The van der Waals surface area contributed by atoms with E-state index in [9.17, 15) is 13.2 Å². The van der Waals surface area contributed by atoms with Crippen LogP contribution in [0.3, 0.4) is 0 Å². The van der Waals surface area contributed by atoms with Crippen molar-refractivity contribution in [1.82, 2.24) is 5.43 Å². The summed E-state index contributed by atoms with van der Waals surface area (Å²) in [6.07, 6.45) is 1.55. The number of sulfonamides is 1. The van der Waals surface area contributed by atoms with Crippen LogP contribution in [-0.2, 0) is 14.8 Å². The van der Waals surface area contributed by atoms with Crippen molar-refractivity contribution >= 4 is 38.6 Å². The van der Waals surface area contributed by atoms with Gasteiger partial charge in [0.25, 0.3) is 15.9 Å². The molecule has 4 aromatic rings. The van der Waals surface area contributed by atoms with Crippen LogP contribution in [0.5, 0.6) is 5.75 Å². The van der Waals surface area contributed by atoms with Crippen molar-refractivity contribution in [2.45, 2.75) is 11.8 Å². The zero-order valence-corrected chi connectivity index (χ0v) is 20.2. The second kappa shape index (κ2) is 10.4. The van der Waals surface area contributed by atoms with E-state index in [4.69, 9.17) is 4.74 Å². The summed E-state index contributed by atoms with van der Waals surface area (Å²) in [4.78, 5) is 12.9. The molecular formula is C27H25N3O4S. The highest BCUT2D eigenvalue weighted by molar-refractivity contribution is 7.92. The lowest BCUT2D eigenvalue weighted by Crippen LogP contribution is -2.39. The molecule has 1 N–H and O–H groups in total. The number of fused-ring (bicyclic) bond motifs is 1. The zero-order chi connectivity index (χ0) is 24.8. The maximum absolute atomic E-state index is 13.5. The van der Waals surface area contributed by atoms with Crippen LogP contribution in [0.4, 0.5) is 5.69 Å². The highest BCUT2D eigenvalue weighted by Crippen LogP contribution is 2.33. The van der Waals surface area contributed by atoms with Gasteiger partial charge in [-0.05, 0) is 47.5 Å². The van der Waals surface area contributed by atoms with Gasteiger partial charge in [-0.2, -0.15) is 5.10 Å². The number of anilines is 1. The molecule has 1 amide bonds. The van der Waals surface area contributed by atoms with E-state index >= 15 is 0 Å². The quantitative estimate of drug-likeness (QED) is 0.293. The normalized spacial score (nSPS) is 11.5. The second-order valence-electron chi connectivity index (χ2n) is 7.86. The fraction of sp³-hybridized carbons (Fsp3) is 0.111. The Morgan fingerprint density at radius 2 is 1.69 bits per heavy atom. The number of ether oxygens (including phenoxy) is 1. The molecular weight excluding hydrogens is 462 g/mol. The fourth-order valence-corrected chi connectivity index (χ4v) is 5.16. The minimum Gasteiger partial charge on any atom is -0.495 e. The smallest absolute Gasteiger partial charge is 0.264 e. The van der Waals surface area contributed by atoms with Crippen LogP contribution < -0.4 is 14.5 Å². The van der Waals surface area contributed by atoms with Gasteiger partial charge < -0.3 is 4.74 Å². The molecule has 35 heavy (non-hydrogen) atoms. The molecule has 0 aliphatic rings.